The van der Waals surface area contributed by atoms with Gasteiger partial charge < -0.3 is 4.74 Å². The SMILES string of the molecule is CCOc1ccccc1C(Br)c1c(F)cc(F)cc1F. The lowest BCUT2D eigenvalue weighted by Crippen LogP contribution is -2.04. The molecule has 0 radical (unpaired) electrons. The lowest BCUT2D eigenvalue weighted by Gasteiger charge is -2.16. The molecule has 0 spiro atoms. The molecule has 20 heavy (non-hydrogen) atoms. The first-order chi connectivity index (χ1) is 9.54. The molecule has 0 saturated heterocycles. The molecule has 0 amide bonds. The first kappa shape index (κ1) is 14.9. The fraction of sp³-hybridized carbons (Fsp3) is 0.200. The Morgan fingerprint density at radius 2 is 1.70 bits per heavy atom. The molecule has 1 unspecified atom stereocenters. The number of rotatable bonds is 4. The lowest BCUT2D eigenvalue weighted by molar-refractivity contribution is 0.337. The van der Waals surface area contributed by atoms with Gasteiger partial charge in [-0.25, -0.2) is 13.2 Å². The molecule has 2 aromatic carbocycles. The Labute approximate surface area is 123 Å². The van der Waals surface area contributed by atoms with Crippen molar-refractivity contribution in [1.82, 2.24) is 0 Å². The first-order valence-electron chi connectivity index (χ1n) is 6.04. The highest BCUT2D eigenvalue weighted by atomic mass is 79.9. The second kappa shape index (κ2) is 6.31. The number of hydrogen-bond acceptors (Lipinski definition) is 1. The van der Waals surface area contributed by atoms with Gasteiger partial charge >= 0.3 is 0 Å². The van der Waals surface area contributed by atoms with E-state index >= 15 is 0 Å². The lowest BCUT2D eigenvalue weighted by atomic mass is 10.0. The van der Waals surface area contributed by atoms with Gasteiger partial charge in [-0.2, -0.15) is 0 Å². The highest BCUT2D eigenvalue weighted by molar-refractivity contribution is 9.09. The molecule has 0 saturated carbocycles. The fourth-order valence-electron chi connectivity index (χ4n) is 1.93. The monoisotopic (exact) mass is 344 g/mol. The summed E-state index contributed by atoms with van der Waals surface area (Å²) < 4.78 is 46.0. The van der Waals surface area contributed by atoms with Crippen LogP contribution in [0.1, 0.15) is 22.9 Å². The number of halogens is 4. The van der Waals surface area contributed by atoms with E-state index in [-0.39, 0.29) is 5.56 Å². The van der Waals surface area contributed by atoms with Crippen molar-refractivity contribution < 1.29 is 17.9 Å². The molecule has 0 aliphatic rings. The van der Waals surface area contributed by atoms with Crippen LogP contribution >= 0.6 is 15.9 Å². The Morgan fingerprint density at radius 3 is 2.30 bits per heavy atom. The van der Waals surface area contributed by atoms with Crippen molar-refractivity contribution in [2.75, 3.05) is 6.61 Å². The van der Waals surface area contributed by atoms with Crippen LogP contribution < -0.4 is 4.74 Å². The topological polar surface area (TPSA) is 9.23 Å². The molecule has 0 fully saturated rings. The minimum Gasteiger partial charge on any atom is -0.494 e. The van der Waals surface area contributed by atoms with Crippen LogP contribution in [0.4, 0.5) is 13.2 Å². The minimum absolute atomic E-state index is 0.237. The summed E-state index contributed by atoms with van der Waals surface area (Å²) in [7, 11) is 0. The summed E-state index contributed by atoms with van der Waals surface area (Å²) in [6, 6.07) is 8.25. The molecule has 0 aliphatic heterocycles. The molecule has 0 aromatic heterocycles. The van der Waals surface area contributed by atoms with Crippen LogP contribution in [0.25, 0.3) is 0 Å². The van der Waals surface area contributed by atoms with Crippen molar-refractivity contribution in [1.29, 1.82) is 0 Å². The van der Waals surface area contributed by atoms with Crippen molar-refractivity contribution in [2.45, 2.75) is 11.8 Å². The number of para-hydroxylation sites is 1. The Morgan fingerprint density at radius 1 is 1.10 bits per heavy atom. The standard InChI is InChI=1S/C15H12BrF3O/c1-2-20-13-6-4-3-5-10(13)15(16)14-11(18)7-9(17)8-12(14)19/h3-8,15H,2H2,1H3. The maximum atomic E-state index is 13.8. The van der Waals surface area contributed by atoms with Gasteiger partial charge in [0.25, 0.3) is 0 Å². The molecule has 0 N–H and O–H groups in total. The Bertz CT molecular complexity index is 593. The number of hydrogen-bond donors (Lipinski definition) is 0. The van der Waals surface area contributed by atoms with E-state index in [4.69, 9.17) is 4.74 Å². The predicted octanol–water partition coefficient (Wildman–Crippen LogP) is 4.99. The van der Waals surface area contributed by atoms with Crippen LogP contribution in [0.5, 0.6) is 5.75 Å². The highest BCUT2D eigenvalue weighted by Crippen LogP contribution is 2.39. The summed E-state index contributed by atoms with van der Waals surface area (Å²) in [5.74, 6) is -2.28. The smallest absolute Gasteiger partial charge is 0.133 e. The molecule has 0 heterocycles. The summed E-state index contributed by atoms with van der Waals surface area (Å²) in [6.07, 6.45) is 0. The van der Waals surface area contributed by atoms with Gasteiger partial charge in [0.1, 0.15) is 23.2 Å². The molecular weight excluding hydrogens is 333 g/mol. The quantitative estimate of drug-likeness (QED) is 0.710. The van der Waals surface area contributed by atoms with Crippen LogP contribution in [0, 0.1) is 17.5 Å². The number of alkyl halides is 1. The van der Waals surface area contributed by atoms with Gasteiger partial charge in [0.15, 0.2) is 0 Å². The van der Waals surface area contributed by atoms with E-state index < -0.39 is 22.3 Å². The van der Waals surface area contributed by atoms with E-state index in [0.29, 0.717) is 30.1 Å². The van der Waals surface area contributed by atoms with Crippen LogP contribution in [0.15, 0.2) is 36.4 Å². The van der Waals surface area contributed by atoms with E-state index in [9.17, 15) is 13.2 Å². The highest BCUT2D eigenvalue weighted by Gasteiger charge is 2.23. The number of benzene rings is 2. The van der Waals surface area contributed by atoms with Crippen LogP contribution in [-0.4, -0.2) is 6.61 Å². The van der Waals surface area contributed by atoms with E-state index in [2.05, 4.69) is 15.9 Å². The zero-order valence-electron chi connectivity index (χ0n) is 10.7. The number of ether oxygens (including phenoxy) is 1. The largest absolute Gasteiger partial charge is 0.494 e. The van der Waals surface area contributed by atoms with Gasteiger partial charge in [-0.05, 0) is 13.0 Å². The van der Waals surface area contributed by atoms with Crippen LogP contribution in [0.2, 0.25) is 0 Å². The zero-order valence-corrected chi connectivity index (χ0v) is 12.3. The fourth-order valence-corrected chi connectivity index (χ4v) is 2.74. The van der Waals surface area contributed by atoms with Crippen molar-refractivity contribution in [2.24, 2.45) is 0 Å². The van der Waals surface area contributed by atoms with E-state index in [1.165, 1.54) is 0 Å². The van der Waals surface area contributed by atoms with Gasteiger partial charge in [0.2, 0.25) is 0 Å². The minimum atomic E-state index is -0.943. The average molecular weight is 345 g/mol. The van der Waals surface area contributed by atoms with Gasteiger partial charge in [-0.15, -0.1) is 0 Å². The normalized spacial score (nSPS) is 12.2. The molecule has 2 rings (SSSR count). The van der Waals surface area contributed by atoms with Gasteiger partial charge in [-0.1, -0.05) is 34.1 Å². The maximum absolute atomic E-state index is 13.8. The molecule has 5 heteroatoms. The Kier molecular flexibility index (Phi) is 4.70. The third-order valence-corrected chi connectivity index (χ3v) is 3.74. The Balaban J connectivity index is 2.49. The maximum Gasteiger partial charge on any atom is 0.133 e. The van der Waals surface area contributed by atoms with Crippen LogP contribution in [-0.2, 0) is 0 Å². The van der Waals surface area contributed by atoms with E-state index in [1.54, 1.807) is 24.3 Å². The summed E-state index contributed by atoms with van der Waals surface area (Å²) >= 11 is 3.26. The predicted molar refractivity (Wildman–Crippen MR) is 74.7 cm³/mol. The van der Waals surface area contributed by atoms with Crippen molar-refractivity contribution in [3.63, 3.8) is 0 Å². The molecule has 2 aromatic rings. The van der Waals surface area contributed by atoms with Crippen LogP contribution in [0.3, 0.4) is 0 Å². The molecule has 1 nitrogen and oxygen atoms in total. The van der Waals surface area contributed by atoms with Crippen molar-refractivity contribution in [3.05, 3.63) is 65.0 Å². The van der Waals surface area contributed by atoms with Gasteiger partial charge in [-0.3, -0.25) is 0 Å². The second-order valence-corrected chi connectivity index (χ2v) is 5.03. The van der Waals surface area contributed by atoms with Crippen molar-refractivity contribution >= 4 is 15.9 Å². The molecule has 1 atom stereocenters. The summed E-state index contributed by atoms with van der Waals surface area (Å²) in [6.45, 7) is 2.25. The molecule has 0 bridgehead atoms. The molecule has 106 valence electrons. The Hall–Kier alpha value is -1.49. The summed E-state index contributed by atoms with van der Waals surface area (Å²) in [5.41, 5.74) is 0.345. The third kappa shape index (κ3) is 2.98. The van der Waals surface area contributed by atoms with Gasteiger partial charge in [0.05, 0.1) is 11.4 Å². The molecular formula is C15H12BrF3O. The third-order valence-electron chi connectivity index (χ3n) is 2.79. The molecule has 0 aliphatic carbocycles. The van der Waals surface area contributed by atoms with E-state index in [1.807, 2.05) is 6.92 Å². The van der Waals surface area contributed by atoms with E-state index in [0.717, 1.165) is 0 Å². The van der Waals surface area contributed by atoms with Gasteiger partial charge in [0, 0.05) is 23.3 Å². The average Bonchev–Trinajstić information content (AvgIpc) is 2.38. The first-order valence-corrected chi connectivity index (χ1v) is 6.96. The van der Waals surface area contributed by atoms with Crippen molar-refractivity contribution in [3.8, 4) is 5.75 Å². The summed E-state index contributed by atoms with van der Waals surface area (Å²) in [4.78, 5) is -0.758. The zero-order chi connectivity index (χ0) is 14.7. The second-order valence-electron chi connectivity index (χ2n) is 4.12. The summed E-state index contributed by atoms with van der Waals surface area (Å²) in [5, 5.41) is 0.